The number of hydrogen-bond donors (Lipinski definition) is 1. The molecule has 38 heavy (non-hydrogen) atoms. The Kier molecular flexibility index (Phi) is 10.4. The molecule has 0 radical (unpaired) electrons. The van der Waals surface area contributed by atoms with Gasteiger partial charge in [-0.2, -0.15) is 0 Å². The second kappa shape index (κ2) is 13.9. The average Bonchev–Trinajstić information content (AvgIpc) is 3.42. The van der Waals surface area contributed by atoms with Gasteiger partial charge < -0.3 is 19.9 Å². The smallest absolute Gasteiger partial charge is 0.222 e. The van der Waals surface area contributed by atoms with E-state index in [-0.39, 0.29) is 6.10 Å². The monoisotopic (exact) mass is 519 g/mol. The Labute approximate surface area is 231 Å². The molecule has 5 nitrogen and oxygen atoms in total. The zero-order valence-corrected chi connectivity index (χ0v) is 24.0. The first-order chi connectivity index (χ1) is 18.4. The maximum Gasteiger partial charge on any atom is 0.222 e. The van der Waals surface area contributed by atoms with Gasteiger partial charge in [0.05, 0.1) is 6.10 Å². The fraction of sp³-hybridized carbons (Fsp3) is 0.606. The highest BCUT2D eigenvalue weighted by Gasteiger charge is 2.26. The number of piperazine rings is 1. The molecule has 0 atom stereocenters. The molecular weight excluding hydrogens is 470 g/mol. The van der Waals surface area contributed by atoms with Gasteiger partial charge in [-0.25, -0.2) is 0 Å². The SMILES string of the molecule is C=C/C(=C\C(=C/C(C)C)O[C@H]1CC[C@H](Nc2ccc(C)cc2)CC1)N1CCN(C(=O)CC2CCCC2)CC1. The zero-order valence-electron chi connectivity index (χ0n) is 24.0. The van der Waals surface area contributed by atoms with Crippen LogP contribution in [0.2, 0.25) is 0 Å². The third-order valence-corrected chi connectivity index (χ3v) is 8.33. The number of carbonyl (C=O) groups excluding carboxylic acids is 1. The van der Waals surface area contributed by atoms with Gasteiger partial charge in [-0.3, -0.25) is 4.79 Å². The van der Waals surface area contributed by atoms with Crippen molar-refractivity contribution in [2.45, 2.75) is 90.7 Å². The summed E-state index contributed by atoms with van der Waals surface area (Å²) in [5.41, 5.74) is 3.59. The Morgan fingerprint density at radius 3 is 2.24 bits per heavy atom. The lowest BCUT2D eigenvalue weighted by Gasteiger charge is -2.37. The van der Waals surface area contributed by atoms with E-state index in [2.05, 4.69) is 78.9 Å². The summed E-state index contributed by atoms with van der Waals surface area (Å²) in [5.74, 6) is 2.30. The standard InChI is InChI=1S/C33H49N3O2/c1-5-30(35-18-20-36(21-19-35)33(37)23-27-8-6-7-9-27)24-32(22-25(2)3)38-31-16-14-29(15-17-31)34-28-12-10-26(4)11-13-28/h5,10-13,22,24-25,27,29,31,34H,1,6-9,14-21,23H2,2-4H3/b30-24+,32-22+/t29-,31-. The molecule has 0 unspecified atom stereocenters. The molecule has 1 heterocycles. The van der Waals surface area contributed by atoms with Crippen molar-refractivity contribution in [1.29, 1.82) is 0 Å². The Morgan fingerprint density at radius 1 is 1.00 bits per heavy atom. The van der Waals surface area contributed by atoms with Gasteiger partial charge in [0.1, 0.15) is 5.76 Å². The second-order valence-corrected chi connectivity index (χ2v) is 11.9. The molecule has 2 aliphatic carbocycles. The summed E-state index contributed by atoms with van der Waals surface area (Å²) in [7, 11) is 0. The van der Waals surface area contributed by atoms with Crippen LogP contribution in [0.5, 0.6) is 0 Å². The summed E-state index contributed by atoms with van der Waals surface area (Å²) < 4.78 is 6.59. The van der Waals surface area contributed by atoms with E-state index in [1.54, 1.807) is 0 Å². The van der Waals surface area contributed by atoms with Crippen LogP contribution in [0.3, 0.4) is 0 Å². The van der Waals surface area contributed by atoms with Crippen LogP contribution in [0.25, 0.3) is 0 Å². The summed E-state index contributed by atoms with van der Waals surface area (Å²) in [4.78, 5) is 17.2. The number of rotatable bonds is 10. The topological polar surface area (TPSA) is 44.8 Å². The number of amides is 1. The minimum atomic E-state index is 0.239. The predicted octanol–water partition coefficient (Wildman–Crippen LogP) is 7.07. The lowest BCUT2D eigenvalue weighted by molar-refractivity contribution is -0.133. The van der Waals surface area contributed by atoms with Gasteiger partial charge in [0.2, 0.25) is 5.91 Å². The molecule has 1 N–H and O–H groups in total. The van der Waals surface area contributed by atoms with E-state index in [9.17, 15) is 4.79 Å². The van der Waals surface area contributed by atoms with Crippen LogP contribution in [0.1, 0.15) is 77.2 Å². The lowest BCUT2D eigenvalue weighted by atomic mass is 9.92. The summed E-state index contributed by atoms with van der Waals surface area (Å²) in [6.07, 6.45) is 16.7. The highest BCUT2D eigenvalue weighted by Crippen LogP contribution is 2.29. The first kappa shape index (κ1) is 28.3. The molecule has 208 valence electrons. The number of hydrogen-bond acceptors (Lipinski definition) is 4. The van der Waals surface area contributed by atoms with E-state index in [1.807, 2.05) is 6.08 Å². The van der Waals surface area contributed by atoms with E-state index in [0.29, 0.717) is 23.8 Å². The molecule has 0 bridgehead atoms. The van der Waals surface area contributed by atoms with Crippen LogP contribution in [0.4, 0.5) is 5.69 Å². The number of ether oxygens (including phenoxy) is 1. The Bertz CT molecular complexity index is 958. The van der Waals surface area contributed by atoms with Crippen LogP contribution < -0.4 is 5.32 Å². The largest absolute Gasteiger partial charge is 0.491 e. The first-order valence-electron chi connectivity index (χ1n) is 15.0. The summed E-state index contributed by atoms with van der Waals surface area (Å²) in [6, 6.07) is 9.18. The molecule has 4 rings (SSSR count). The average molecular weight is 520 g/mol. The molecule has 0 aromatic heterocycles. The molecule has 1 aromatic rings. The number of benzene rings is 1. The molecule has 1 amide bonds. The van der Waals surface area contributed by atoms with Gasteiger partial charge in [-0.1, -0.05) is 51.0 Å². The minimum absolute atomic E-state index is 0.239. The third-order valence-electron chi connectivity index (χ3n) is 8.33. The van der Waals surface area contributed by atoms with Crippen molar-refractivity contribution in [2.24, 2.45) is 11.8 Å². The van der Waals surface area contributed by atoms with Crippen molar-refractivity contribution in [3.8, 4) is 0 Å². The number of nitrogens with one attached hydrogen (secondary N) is 1. The second-order valence-electron chi connectivity index (χ2n) is 11.9. The third kappa shape index (κ3) is 8.41. The van der Waals surface area contributed by atoms with E-state index >= 15 is 0 Å². The predicted molar refractivity (Wildman–Crippen MR) is 158 cm³/mol. The number of nitrogens with zero attached hydrogens (tertiary/aromatic N) is 2. The van der Waals surface area contributed by atoms with Gasteiger partial charge in [0.25, 0.3) is 0 Å². The van der Waals surface area contributed by atoms with Gasteiger partial charge in [-0.15, -0.1) is 0 Å². The molecule has 2 saturated carbocycles. The fourth-order valence-electron chi connectivity index (χ4n) is 6.08. The molecule has 3 aliphatic rings. The van der Waals surface area contributed by atoms with Gasteiger partial charge in [0, 0.05) is 56.1 Å². The number of allylic oxidation sites excluding steroid dienone is 3. The molecule has 5 heteroatoms. The minimum Gasteiger partial charge on any atom is -0.491 e. The molecule has 0 spiro atoms. The van der Waals surface area contributed by atoms with E-state index in [1.165, 1.54) is 36.9 Å². The Hall–Kier alpha value is -2.69. The summed E-state index contributed by atoms with van der Waals surface area (Å²) >= 11 is 0. The lowest BCUT2D eigenvalue weighted by Crippen LogP contribution is -2.48. The molecule has 1 aromatic carbocycles. The quantitative estimate of drug-likeness (QED) is 0.265. The highest BCUT2D eigenvalue weighted by molar-refractivity contribution is 5.76. The number of aryl methyl sites for hydroxylation is 1. The molecule has 1 aliphatic heterocycles. The summed E-state index contributed by atoms with van der Waals surface area (Å²) in [5, 5.41) is 3.70. The highest BCUT2D eigenvalue weighted by atomic mass is 16.5. The van der Waals surface area contributed by atoms with E-state index < -0.39 is 0 Å². The van der Waals surface area contributed by atoms with Crippen LogP contribution in [-0.2, 0) is 9.53 Å². The Morgan fingerprint density at radius 2 is 1.63 bits per heavy atom. The van der Waals surface area contributed by atoms with Crippen molar-refractivity contribution >= 4 is 11.6 Å². The summed E-state index contributed by atoms with van der Waals surface area (Å²) in [6.45, 7) is 13.9. The van der Waals surface area contributed by atoms with Gasteiger partial charge in [0.15, 0.2) is 0 Å². The van der Waals surface area contributed by atoms with Crippen LogP contribution in [0.15, 0.2) is 60.5 Å². The zero-order chi connectivity index (χ0) is 26.9. The van der Waals surface area contributed by atoms with Crippen LogP contribution >= 0.6 is 0 Å². The van der Waals surface area contributed by atoms with Crippen LogP contribution in [0, 0.1) is 18.8 Å². The number of anilines is 1. The van der Waals surface area contributed by atoms with Crippen molar-refractivity contribution in [3.05, 3.63) is 66.1 Å². The molecular formula is C33H49N3O2. The number of carbonyl (C=O) groups is 1. The normalized spacial score (nSPS) is 23.6. The fourth-order valence-corrected chi connectivity index (χ4v) is 6.08. The first-order valence-corrected chi connectivity index (χ1v) is 15.0. The van der Waals surface area contributed by atoms with Crippen molar-refractivity contribution in [2.75, 3.05) is 31.5 Å². The molecule has 3 fully saturated rings. The van der Waals surface area contributed by atoms with E-state index in [4.69, 9.17) is 4.74 Å². The van der Waals surface area contributed by atoms with Crippen LogP contribution in [-0.4, -0.2) is 54.0 Å². The van der Waals surface area contributed by atoms with Crippen molar-refractivity contribution in [1.82, 2.24) is 9.80 Å². The van der Waals surface area contributed by atoms with E-state index in [0.717, 1.165) is 69.7 Å². The van der Waals surface area contributed by atoms with Gasteiger partial charge in [-0.05, 0) is 81.6 Å². The Balaban J connectivity index is 1.29. The van der Waals surface area contributed by atoms with Crippen molar-refractivity contribution < 1.29 is 9.53 Å². The molecule has 1 saturated heterocycles. The van der Waals surface area contributed by atoms with Crippen molar-refractivity contribution in [3.63, 3.8) is 0 Å². The maximum absolute atomic E-state index is 12.8. The maximum atomic E-state index is 12.8. The van der Waals surface area contributed by atoms with Gasteiger partial charge >= 0.3 is 0 Å².